The summed E-state index contributed by atoms with van der Waals surface area (Å²) in [7, 11) is 1.42. The molecule has 0 amide bonds. The normalized spacial score (nSPS) is 10.5. The molecule has 0 heterocycles. The van der Waals surface area contributed by atoms with Crippen LogP contribution in [-0.2, 0) is 12.8 Å². The van der Waals surface area contributed by atoms with Crippen LogP contribution in [0, 0.1) is 0 Å². The Morgan fingerprint density at radius 1 is 1.08 bits per heavy atom. The minimum Gasteiger partial charge on any atom is -0.493 e. The van der Waals surface area contributed by atoms with Gasteiger partial charge in [-0.1, -0.05) is 25.1 Å². The van der Waals surface area contributed by atoms with Crippen molar-refractivity contribution in [1.82, 2.24) is 5.32 Å². The largest absolute Gasteiger partial charge is 0.493 e. The first-order valence-electron chi connectivity index (χ1n) is 8.27. The van der Waals surface area contributed by atoms with Crippen LogP contribution in [0.2, 0.25) is 0 Å². The van der Waals surface area contributed by atoms with E-state index in [9.17, 15) is 8.78 Å². The molecule has 0 unspecified atom stereocenters. The Hall–Kier alpha value is -2.41. The summed E-state index contributed by atoms with van der Waals surface area (Å²) in [4.78, 5) is 0. The first-order chi connectivity index (χ1) is 12.5. The van der Waals surface area contributed by atoms with E-state index in [1.807, 2.05) is 12.1 Å². The highest BCUT2D eigenvalue weighted by atomic mass is 32.1. The molecule has 0 aliphatic carbocycles. The molecule has 0 saturated heterocycles. The van der Waals surface area contributed by atoms with Gasteiger partial charge in [-0.25, -0.2) is 0 Å². The topological polar surface area (TPSA) is 42.5 Å². The predicted molar refractivity (Wildman–Crippen MR) is 103 cm³/mol. The maximum atomic E-state index is 12.3. The van der Waals surface area contributed by atoms with Crippen molar-refractivity contribution in [3.63, 3.8) is 0 Å². The molecule has 140 valence electrons. The fraction of sp³-hybridized carbons (Fsp3) is 0.316. The SMILES string of the molecule is CCc1ccc(NC(=S)NCCc2ccc(OC(F)F)c(OC)c2)cc1. The summed E-state index contributed by atoms with van der Waals surface area (Å²) in [5.41, 5.74) is 3.11. The molecule has 7 heteroatoms. The number of anilines is 1. The molecule has 0 fully saturated rings. The molecular weight excluding hydrogens is 358 g/mol. The van der Waals surface area contributed by atoms with Crippen molar-refractivity contribution >= 4 is 23.0 Å². The second-order valence-electron chi connectivity index (χ2n) is 5.55. The molecule has 0 aromatic heterocycles. The van der Waals surface area contributed by atoms with Gasteiger partial charge in [0, 0.05) is 12.2 Å². The first-order valence-corrected chi connectivity index (χ1v) is 8.68. The minimum absolute atomic E-state index is 0.0203. The third-order valence-corrected chi connectivity index (χ3v) is 4.01. The van der Waals surface area contributed by atoms with E-state index in [2.05, 4.69) is 34.4 Å². The molecule has 0 aliphatic heterocycles. The molecule has 2 rings (SSSR count). The lowest BCUT2D eigenvalue weighted by Crippen LogP contribution is -2.30. The third kappa shape index (κ3) is 6.15. The predicted octanol–water partition coefficient (Wildman–Crippen LogP) is 4.39. The highest BCUT2D eigenvalue weighted by molar-refractivity contribution is 7.80. The average molecular weight is 380 g/mol. The van der Waals surface area contributed by atoms with Crippen LogP contribution in [-0.4, -0.2) is 25.4 Å². The van der Waals surface area contributed by atoms with E-state index < -0.39 is 6.61 Å². The van der Waals surface area contributed by atoms with E-state index in [0.29, 0.717) is 18.1 Å². The van der Waals surface area contributed by atoms with Crippen molar-refractivity contribution in [2.24, 2.45) is 0 Å². The van der Waals surface area contributed by atoms with Gasteiger partial charge in [-0.15, -0.1) is 0 Å². The number of nitrogens with one attached hydrogen (secondary N) is 2. The van der Waals surface area contributed by atoms with Gasteiger partial charge in [-0.05, 0) is 60.5 Å². The van der Waals surface area contributed by atoms with Crippen LogP contribution in [0.5, 0.6) is 11.5 Å². The molecule has 0 aliphatic rings. The Morgan fingerprint density at radius 2 is 1.77 bits per heavy atom. The molecule has 0 saturated carbocycles. The standard InChI is InChI=1S/C19H22F2N2O2S/c1-3-13-4-7-15(8-5-13)23-19(26)22-11-10-14-6-9-16(25-18(20)21)17(12-14)24-2/h4-9,12,18H,3,10-11H2,1-2H3,(H2,22,23,26). The third-order valence-electron chi connectivity index (χ3n) is 3.76. The van der Waals surface area contributed by atoms with Crippen molar-refractivity contribution in [3.05, 3.63) is 53.6 Å². The van der Waals surface area contributed by atoms with E-state index in [-0.39, 0.29) is 11.5 Å². The van der Waals surface area contributed by atoms with E-state index >= 15 is 0 Å². The van der Waals surface area contributed by atoms with E-state index in [4.69, 9.17) is 17.0 Å². The van der Waals surface area contributed by atoms with E-state index in [0.717, 1.165) is 17.7 Å². The van der Waals surface area contributed by atoms with Crippen LogP contribution in [0.4, 0.5) is 14.5 Å². The number of benzene rings is 2. The van der Waals surface area contributed by atoms with Gasteiger partial charge in [0.15, 0.2) is 16.6 Å². The van der Waals surface area contributed by atoms with Crippen LogP contribution in [0.3, 0.4) is 0 Å². The fourth-order valence-corrected chi connectivity index (χ4v) is 2.60. The molecular formula is C19H22F2N2O2S. The summed E-state index contributed by atoms with van der Waals surface area (Å²) in [6.45, 7) is -0.182. The van der Waals surface area contributed by atoms with Crippen LogP contribution < -0.4 is 20.1 Å². The summed E-state index contributed by atoms with van der Waals surface area (Å²) in [6.07, 6.45) is 1.65. The second-order valence-corrected chi connectivity index (χ2v) is 5.95. The molecule has 0 bridgehead atoms. The van der Waals surface area contributed by atoms with Crippen LogP contribution >= 0.6 is 12.2 Å². The van der Waals surface area contributed by atoms with E-state index in [1.54, 1.807) is 12.1 Å². The lowest BCUT2D eigenvalue weighted by Gasteiger charge is -2.13. The number of thiocarbonyl (C=S) groups is 1. The molecule has 0 atom stereocenters. The Bertz CT molecular complexity index is 724. The lowest BCUT2D eigenvalue weighted by molar-refractivity contribution is -0.0512. The maximum absolute atomic E-state index is 12.3. The Morgan fingerprint density at radius 3 is 2.38 bits per heavy atom. The van der Waals surface area contributed by atoms with Gasteiger partial charge in [0.2, 0.25) is 0 Å². The van der Waals surface area contributed by atoms with Gasteiger partial charge < -0.3 is 20.1 Å². The van der Waals surface area contributed by atoms with Gasteiger partial charge in [0.05, 0.1) is 7.11 Å². The molecule has 2 aromatic rings. The van der Waals surface area contributed by atoms with Gasteiger partial charge in [-0.2, -0.15) is 8.78 Å². The molecule has 0 radical (unpaired) electrons. The van der Waals surface area contributed by atoms with Crippen LogP contribution in [0.15, 0.2) is 42.5 Å². The Kier molecular flexibility index (Phi) is 7.59. The quantitative estimate of drug-likeness (QED) is 0.665. The maximum Gasteiger partial charge on any atom is 0.387 e. The highest BCUT2D eigenvalue weighted by Gasteiger charge is 2.11. The molecule has 26 heavy (non-hydrogen) atoms. The van der Waals surface area contributed by atoms with Crippen LogP contribution in [0.25, 0.3) is 0 Å². The Balaban J connectivity index is 1.83. The highest BCUT2D eigenvalue weighted by Crippen LogP contribution is 2.29. The van der Waals surface area contributed by atoms with Gasteiger partial charge in [0.25, 0.3) is 0 Å². The molecule has 2 N–H and O–H groups in total. The molecule has 4 nitrogen and oxygen atoms in total. The summed E-state index contributed by atoms with van der Waals surface area (Å²) >= 11 is 5.28. The second kappa shape index (κ2) is 9.91. The number of hydrogen-bond donors (Lipinski definition) is 2. The lowest BCUT2D eigenvalue weighted by atomic mass is 10.1. The fourth-order valence-electron chi connectivity index (χ4n) is 2.38. The zero-order chi connectivity index (χ0) is 18.9. The van der Waals surface area contributed by atoms with Gasteiger partial charge in [0.1, 0.15) is 0 Å². The van der Waals surface area contributed by atoms with Crippen molar-refractivity contribution in [2.45, 2.75) is 26.4 Å². The number of alkyl halides is 2. The number of halogens is 2. The average Bonchev–Trinajstić information content (AvgIpc) is 2.63. The molecule has 2 aromatic carbocycles. The van der Waals surface area contributed by atoms with Crippen LogP contribution in [0.1, 0.15) is 18.1 Å². The number of hydrogen-bond acceptors (Lipinski definition) is 3. The zero-order valence-corrected chi connectivity index (χ0v) is 15.5. The summed E-state index contributed by atoms with van der Waals surface area (Å²) in [5.74, 6) is 0.298. The smallest absolute Gasteiger partial charge is 0.387 e. The summed E-state index contributed by atoms with van der Waals surface area (Å²) < 4.78 is 34.2. The molecule has 0 spiro atoms. The minimum atomic E-state index is -2.88. The first kappa shape index (κ1) is 19.9. The van der Waals surface area contributed by atoms with Crippen molar-refractivity contribution in [2.75, 3.05) is 19.0 Å². The van der Waals surface area contributed by atoms with Crippen molar-refractivity contribution in [1.29, 1.82) is 0 Å². The monoisotopic (exact) mass is 380 g/mol. The van der Waals surface area contributed by atoms with Gasteiger partial charge in [-0.3, -0.25) is 0 Å². The number of rotatable bonds is 8. The van der Waals surface area contributed by atoms with E-state index in [1.165, 1.54) is 18.7 Å². The van der Waals surface area contributed by atoms with Crippen molar-refractivity contribution < 1.29 is 18.3 Å². The summed E-state index contributed by atoms with van der Waals surface area (Å²) in [6, 6.07) is 13.0. The number of methoxy groups -OCH3 is 1. The zero-order valence-electron chi connectivity index (χ0n) is 14.7. The summed E-state index contributed by atoms with van der Waals surface area (Å²) in [5, 5.41) is 6.77. The number of ether oxygens (including phenoxy) is 2. The Labute approximate surface area is 157 Å². The van der Waals surface area contributed by atoms with Gasteiger partial charge >= 0.3 is 6.61 Å². The van der Waals surface area contributed by atoms with Crippen molar-refractivity contribution in [3.8, 4) is 11.5 Å². The number of aryl methyl sites for hydroxylation is 1.